The van der Waals surface area contributed by atoms with Crippen LogP contribution in [0.2, 0.25) is 0 Å². The minimum Gasteiger partial charge on any atom is -0.365 e. The summed E-state index contributed by atoms with van der Waals surface area (Å²) in [4.78, 5) is 13.3. The normalized spacial score (nSPS) is 20.2. The van der Waals surface area contributed by atoms with Gasteiger partial charge in [-0.05, 0) is 44.4 Å². The van der Waals surface area contributed by atoms with Crippen LogP contribution < -0.4 is 5.32 Å². The van der Waals surface area contributed by atoms with E-state index in [1.165, 1.54) is 51.4 Å². The molecule has 6 nitrogen and oxygen atoms in total. The highest BCUT2D eigenvalue weighted by Gasteiger charge is 2.26. The molecule has 0 bridgehead atoms. The zero-order chi connectivity index (χ0) is 17.2. The summed E-state index contributed by atoms with van der Waals surface area (Å²) in [6.45, 7) is 3.18. The molecule has 2 fully saturated rings. The molecule has 0 saturated heterocycles. The Morgan fingerprint density at radius 1 is 1.20 bits per heavy atom. The lowest BCUT2D eigenvalue weighted by Crippen LogP contribution is -2.31. The predicted octanol–water partition coefficient (Wildman–Crippen LogP) is 3.88. The minimum absolute atomic E-state index is 0.193. The van der Waals surface area contributed by atoms with E-state index in [0.29, 0.717) is 23.5 Å². The molecule has 132 valence electrons. The van der Waals surface area contributed by atoms with Crippen molar-refractivity contribution in [2.45, 2.75) is 70.9 Å². The van der Waals surface area contributed by atoms with Crippen molar-refractivity contribution in [2.24, 2.45) is 11.8 Å². The molecule has 2 aliphatic rings. The number of nitrogens with zero attached hydrogens (tertiary/aromatic N) is 5. The molecule has 0 spiro atoms. The highest BCUT2D eigenvalue weighted by atomic mass is 15.2. The van der Waals surface area contributed by atoms with Crippen LogP contribution in [0.25, 0.3) is 11.2 Å². The van der Waals surface area contributed by atoms with Gasteiger partial charge in [-0.2, -0.15) is 15.2 Å². The first-order valence-corrected chi connectivity index (χ1v) is 9.64. The molecule has 25 heavy (non-hydrogen) atoms. The summed E-state index contributed by atoms with van der Waals surface area (Å²) in [7, 11) is 0. The second kappa shape index (κ2) is 6.99. The monoisotopic (exact) mass is 338 g/mol. The van der Waals surface area contributed by atoms with Crippen LogP contribution in [0.15, 0.2) is 6.33 Å². The van der Waals surface area contributed by atoms with Gasteiger partial charge < -0.3 is 9.88 Å². The van der Waals surface area contributed by atoms with Gasteiger partial charge >= 0.3 is 0 Å². The third kappa shape index (κ3) is 3.33. The number of hydrogen-bond donors (Lipinski definition) is 1. The van der Waals surface area contributed by atoms with E-state index in [-0.39, 0.29) is 5.82 Å². The van der Waals surface area contributed by atoms with Crippen LogP contribution in [0, 0.1) is 23.2 Å². The first-order valence-electron chi connectivity index (χ1n) is 9.64. The first-order chi connectivity index (χ1) is 12.2. The Bertz CT molecular complexity index is 779. The van der Waals surface area contributed by atoms with E-state index < -0.39 is 0 Å². The molecule has 1 N–H and O–H groups in total. The molecule has 0 amide bonds. The molecule has 0 aliphatic heterocycles. The van der Waals surface area contributed by atoms with Gasteiger partial charge in [0.05, 0.1) is 6.33 Å². The molecule has 1 unspecified atom stereocenters. The highest BCUT2D eigenvalue weighted by molar-refractivity contribution is 5.83. The molecule has 2 saturated carbocycles. The lowest BCUT2D eigenvalue weighted by atomic mass is 9.80. The number of fused-ring (bicyclic) bond motifs is 1. The second-order valence-corrected chi connectivity index (χ2v) is 7.70. The van der Waals surface area contributed by atoms with Gasteiger partial charge in [-0.15, -0.1) is 0 Å². The zero-order valence-electron chi connectivity index (χ0n) is 14.9. The number of aromatic nitrogens is 4. The number of hydrogen-bond acceptors (Lipinski definition) is 5. The van der Waals surface area contributed by atoms with E-state index >= 15 is 0 Å². The van der Waals surface area contributed by atoms with Crippen molar-refractivity contribution < 1.29 is 0 Å². The summed E-state index contributed by atoms with van der Waals surface area (Å²) in [5.74, 6) is 2.37. The van der Waals surface area contributed by atoms with Crippen LogP contribution in [0.4, 0.5) is 5.82 Å². The fraction of sp³-hybridized carbons (Fsp3) is 0.684. The molecule has 4 rings (SSSR count). The molecular formula is C19H26N6. The summed E-state index contributed by atoms with van der Waals surface area (Å²) < 4.78 is 2.20. The largest absolute Gasteiger partial charge is 0.365 e. The Balaban J connectivity index is 1.65. The lowest BCUT2D eigenvalue weighted by Gasteiger charge is -2.32. The van der Waals surface area contributed by atoms with Gasteiger partial charge in [-0.1, -0.05) is 25.7 Å². The Morgan fingerprint density at radius 3 is 2.68 bits per heavy atom. The standard InChI is InChI=1S/C19H26N6/c1-13(15-8-5-9-15)22-19-17-18(23-16(10-20)24-19)21-12-25(17)11-14-6-3-2-4-7-14/h12-15H,2-9,11H2,1H3,(H,22,23,24). The van der Waals surface area contributed by atoms with Gasteiger partial charge in [0.15, 0.2) is 11.5 Å². The second-order valence-electron chi connectivity index (χ2n) is 7.70. The first kappa shape index (κ1) is 16.3. The summed E-state index contributed by atoms with van der Waals surface area (Å²) in [5, 5.41) is 12.8. The molecule has 2 aromatic heterocycles. The van der Waals surface area contributed by atoms with Crippen molar-refractivity contribution in [1.29, 1.82) is 5.26 Å². The van der Waals surface area contributed by atoms with E-state index in [1.807, 2.05) is 6.33 Å². The molecule has 2 aliphatic carbocycles. The summed E-state index contributed by atoms with van der Waals surface area (Å²) in [6, 6.07) is 2.43. The fourth-order valence-electron chi connectivity index (χ4n) is 4.19. The summed E-state index contributed by atoms with van der Waals surface area (Å²) in [6.07, 6.45) is 12.3. The van der Waals surface area contributed by atoms with E-state index in [4.69, 9.17) is 0 Å². The smallest absolute Gasteiger partial charge is 0.236 e. The molecule has 0 aromatic carbocycles. The van der Waals surface area contributed by atoms with Crippen LogP contribution in [0.5, 0.6) is 0 Å². The Labute approximate surface area is 148 Å². The van der Waals surface area contributed by atoms with Crippen molar-refractivity contribution in [3.8, 4) is 6.07 Å². The molecule has 1 atom stereocenters. The SMILES string of the molecule is CC(Nc1nc(C#N)nc2ncn(CC3CCCCC3)c12)C1CCC1. The van der Waals surface area contributed by atoms with Crippen molar-refractivity contribution >= 4 is 17.0 Å². The summed E-state index contributed by atoms with van der Waals surface area (Å²) in [5.41, 5.74) is 1.58. The van der Waals surface area contributed by atoms with E-state index in [9.17, 15) is 5.26 Å². The average molecular weight is 338 g/mol. The van der Waals surface area contributed by atoms with E-state index in [0.717, 1.165) is 17.9 Å². The Hall–Kier alpha value is -2.16. The van der Waals surface area contributed by atoms with Crippen LogP contribution in [0.3, 0.4) is 0 Å². The minimum atomic E-state index is 0.193. The van der Waals surface area contributed by atoms with Crippen molar-refractivity contribution in [3.05, 3.63) is 12.2 Å². The van der Waals surface area contributed by atoms with Gasteiger partial charge in [0.1, 0.15) is 11.6 Å². The number of nitrogens with one attached hydrogen (secondary N) is 1. The Kier molecular flexibility index (Phi) is 4.56. The maximum Gasteiger partial charge on any atom is 0.236 e. The van der Waals surface area contributed by atoms with Gasteiger partial charge in [0.25, 0.3) is 0 Å². The average Bonchev–Trinajstić information content (AvgIpc) is 2.97. The number of rotatable bonds is 5. The summed E-state index contributed by atoms with van der Waals surface area (Å²) >= 11 is 0. The lowest BCUT2D eigenvalue weighted by molar-refractivity contribution is 0.285. The van der Waals surface area contributed by atoms with Crippen molar-refractivity contribution in [1.82, 2.24) is 19.5 Å². The zero-order valence-corrected chi connectivity index (χ0v) is 14.9. The van der Waals surface area contributed by atoms with Crippen molar-refractivity contribution in [2.75, 3.05) is 5.32 Å². The molecular weight excluding hydrogens is 312 g/mol. The van der Waals surface area contributed by atoms with E-state index in [2.05, 4.69) is 37.8 Å². The number of imidazole rings is 1. The quantitative estimate of drug-likeness (QED) is 0.895. The maximum atomic E-state index is 9.25. The van der Waals surface area contributed by atoms with Gasteiger partial charge in [0, 0.05) is 12.6 Å². The number of anilines is 1. The van der Waals surface area contributed by atoms with Crippen LogP contribution in [-0.2, 0) is 6.54 Å². The van der Waals surface area contributed by atoms with Crippen molar-refractivity contribution in [3.63, 3.8) is 0 Å². The van der Waals surface area contributed by atoms with Gasteiger partial charge in [-0.25, -0.2) is 4.98 Å². The third-order valence-electron chi connectivity index (χ3n) is 5.97. The topological polar surface area (TPSA) is 79.4 Å². The maximum absolute atomic E-state index is 9.25. The fourth-order valence-corrected chi connectivity index (χ4v) is 4.19. The molecule has 6 heteroatoms. The predicted molar refractivity (Wildman–Crippen MR) is 97.0 cm³/mol. The van der Waals surface area contributed by atoms with Gasteiger partial charge in [0.2, 0.25) is 5.82 Å². The van der Waals surface area contributed by atoms with Crippen LogP contribution in [0.1, 0.15) is 64.1 Å². The van der Waals surface area contributed by atoms with Gasteiger partial charge in [-0.3, -0.25) is 0 Å². The number of nitriles is 1. The van der Waals surface area contributed by atoms with Crippen LogP contribution in [-0.4, -0.2) is 25.6 Å². The molecule has 0 radical (unpaired) electrons. The highest BCUT2D eigenvalue weighted by Crippen LogP contribution is 2.32. The Morgan fingerprint density at radius 2 is 2.00 bits per heavy atom. The molecule has 2 heterocycles. The van der Waals surface area contributed by atoms with E-state index in [1.54, 1.807) is 0 Å². The molecule has 2 aromatic rings. The third-order valence-corrected chi connectivity index (χ3v) is 5.97. The van der Waals surface area contributed by atoms with Crippen LogP contribution >= 0.6 is 0 Å².